The van der Waals surface area contributed by atoms with E-state index in [0.717, 1.165) is 31.8 Å². The molecule has 0 aromatic rings. The molecule has 0 amide bonds. The fourth-order valence-corrected chi connectivity index (χ4v) is 3.05. The normalized spacial score (nSPS) is 21.1. The molecule has 4 aliphatic heterocycles. The molecule has 15 nitrogen and oxygen atoms in total. The van der Waals surface area contributed by atoms with Crippen LogP contribution in [0.5, 0.6) is 0 Å². The van der Waals surface area contributed by atoms with Gasteiger partial charge in [0, 0.05) is 43.1 Å². The van der Waals surface area contributed by atoms with Gasteiger partial charge in [-0.25, -0.2) is 24.0 Å². The molecule has 4 saturated heterocycles. The lowest BCUT2D eigenvalue weighted by molar-refractivity contribution is -0.157. The Labute approximate surface area is 273 Å². The molecule has 4 unspecified atom stereocenters. The van der Waals surface area contributed by atoms with Gasteiger partial charge >= 0.3 is 35.8 Å². The molecule has 0 radical (unpaired) electrons. The Balaban J connectivity index is 0.000000316. The van der Waals surface area contributed by atoms with E-state index in [0.29, 0.717) is 70.6 Å². The molecule has 262 valence electrons. The van der Waals surface area contributed by atoms with Crippen LogP contribution in [-0.2, 0) is 71.4 Å². The molecular weight excluding hydrogens is 624 g/mol. The Morgan fingerprint density at radius 3 is 1.79 bits per heavy atom. The zero-order valence-electron chi connectivity index (χ0n) is 26.9. The number of cyclic esters (lactones) is 2. The van der Waals surface area contributed by atoms with Crippen molar-refractivity contribution in [2.24, 2.45) is 0 Å². The van der Waals surface area contributed by atoms with E-state index < -0.39 is 36.1 Å². The van der Waals surface area contributed by atoms with Gasteiger partial charge in [-0.05, 0) is 26.7 Å². The minimum atomic E-state index is -0.728. The van der Waals surface area contributed by atoms with E-state index in [1.807, 2.05) is 0 Å². The average Bonchev–Trinajstić information content (AvgIpc) is 3.96. The van der Waals surface area contributed by atoms with Gasteiger partial charge in [0.15, 0.2) is 0 Å². The number of epoxide rings is 2. The Kier molecular flexibility index (Phi) is 20.0. The van der Waals surface area contributed by atoms with Crippen molar-refractivity contribution in [2.45, 2.75) is 70.4 Å². The second-order valence-corrected chi connectivity index (χ2v) is 10.2. The highest BCUT2D eigenvalue weighted by molar-refractivity contribution is 5.90. The number of esters is 6. The summed E-state index contributed by atoms with van der Waals surface area (Å²) in [5.41, 5.74) is 0.718. The number of carbonyl (C=O) groups is 6. The Bertz CT molecular complexity index is 1120. The highest BCUT2D eigenvalue weighted by Crippen LogP contribution is 2.12. The number of hydrogen-bond acceptors (Lipinski definition) is 15. The van der Waals surface area contributed by atoms with Crippen LogP contribution in [0.3, 0.4) is 0 Å². The highest BCUT2D eigenvalue weighted by Gasteiger charge is 2.30. The summed E-state index contributed by atoms with van der Waals surface area (Å²) in [6.07, 6.45) is 4.16. The second kappa shape index (κ2) is 23.1. The first-order chi connectivity index (χ1) is 22.4. The largest absolute Gasteiger partial charge is 0.463 e. The fourth-order valence-electron chi connectivity index (χ4n) is 3.05. The van der Waals surface area contributed by atoms with Gasteiger partial charge in [-0.15, -0.1) is 0 Å². The van der Waals surface area contributed by atoms with Crippen LogP contribution in [0.4, 0.5) is 0 Å². The summed E-state index contributed by atoms with van der Waals surface area (Å²) in [6, 6.07) is 0. The molecule has 4 heterocycles. The summed E-state index contributed by atoms with van der Waals surface area (Å²) in [6.45, 7) is 20.4. The Morgan fingerprint density at radius 2 is 1.34 bits per heavy atom. The highest BCUT2D eigenvalue weighted by atomic mass is 16.6. The number of carbonyl (C=O) groups excluding carboxylic acids is 6. The summed E-state index contributed by atoms with van der Waals surface area (Å²) in [5.74, 6) is -2.64. The lowest BCUT2D eigenvalue weighted by Crippen LogP contribution is -2.22. The molecule has 0 saturated carbocycles. The summed E-state index contributed by atoms with van der Waals surface area (Å²) in [5, 5.41) is 0. The monoisotopic (exact) mass is 668 g/mol. The molecule has 0 N–H and O–H groups in total. The van der Waals surface area contributed by atoms with Crippen molar-refractivity contribution in [3.8, 4) is 0 Å². The van der Waals surface area contributed by atoms with E-state index in [1.165, 1.54) is 6.92 Å². The number of ether oxygens (including phenoxy) is 9. The summed E-state index contributed by atoms with van der Waals surface area (Å²) < 4.78 is 43.0. The van der Waals surface area contributed by atoms with Crippen LogP contribution in [0.25, 0.3) is 0 Å². The standard InChI is InChI=1S/C10H16O4.C8H10O4.C7H8O4.C7H10O3/c1-2-13-10(11)5-3-4-6-12-7-9-8-14-9;1-5(2)7(9)12-6-3-4-11-8(6)10;1-2-6(8)11-5-3-4-10-7(5)9;1-5(2)7(8)10-4-6-3-9-6/h2,9H,1,3-8H2;6H,1,3-4H2,2H3;2,5H,1,3-4H2;6H,1,3-4H2,2H3. The Hall–Kier alpha value is -4.34. The first-order valence-electron chi connectivity index (χ1n) is 14.8. The van der Waals surface area contributed by atoms with Crippen molar-refractivity contribution in [3.05, 3.63) is 49.8 Å². The lowest BCUT2D eigenvalue weighted by Gasteiger charge is -2.06. The molecule has 0 aliphatic carbocycles. The first kappa shape index (κ1) is 40.7. The molecule has 0 aromatic heterocycles. The second-order valence-electron chi connectivity index (χ2n) is 10.2. The molecule has 0 aromatic carbocycles. The van der Waals surface area contributed by atoms with Crippen LogP contribution in [0.2, 0.25) is 0 Å². The van der Waals surface area contributed by atoms with E-state index in [9.17, 15) is 28.8 Å². The van der Waals surface area contributed by atoms with Crippen LogP contribution < -0.4 is 0 Å². The lowest BCUT2D eigenvalue weighted by atomic mass is 10.2. The molecule has 47 heavy (non-hydrogen) atoms. The van der Waals surface area contributed by atoms with Crippen molar-refractivity contribution >= 4 is 35.8 Å². The quantitative estimate of drug-likeness (QED) is 0.0615. The van der Waals surface area contributed by atoms with E-state index >= 15 is 0 Å². The van der Waals surface area contributed by atoms with Crippen molar-refractivity contribution in [3.63, 3.8) is 0 Å². The molecule has 0 bridgehead atoms. The predicted octanol–water partition coefficient (Wildman–Crippen LogP) is 2.22. The van der Waals surface area contributed by atoms with E-state index in [1.54, 1.807) is 6.92 Å². The maximum atomic E-state index is 10.9. The van der Waals surface area contributed by atoms with E-state index in [4.69, 9.17) is 23.7 Å². The van der Waals surface area contributed by atoms with Crippen molar-refractivity contribution in [2.75, 3.05) is 46.2 Å². The maximum absolute atomic E-state index is 10.9. The van der Waals surface area contributed by atoms with Gasteiger partial charge < -0.3 is 42.6 Å². The van der Waals surface area contributed by atoms with Gasteiger partial charge in [-0.3, -0.25) is 4.79 Å². The third-order valence-electron chi connectivity index (χ3n) is 5.79. The maximum Gasteiger partial charge on any atom is 0.347 e. The number of rotatable bonds is 15. The molecule has 4 atom stereocenters. The van der Waals surface area contributed by atoms with Gasteiger partial charge in [-0.1, -0.05) is 26.3 Å². The van der Waals surface area contributed by atoms with E-state index in [2.05, 4.69) is 45.3 Å². The molecule has 4 rings (SSSR count). The zero-order chi connectivity index (χ0) is 35.2. The third-order valence-corrected chi connectivity index (χ3v) is 5.79. The minimum absolute atomic E-state index is 0.142. The predicted molar refractivity (Wildman–Crippen MR) is 162 cm³/mol. The fraction of sp³-hybridized carbons (Fsp3) is 0.562. The topological polar surface area (TPSA) is 192 Å². The minimum Gasteiger partial charge on any atom is -0.463 e. The van der Waals surface area contributed by atoms with Gasteiger partial charge in [0.2, 0.25) is 12.2 Å². The summed E-state index contributed by atoms with van der Waals surface area (Å²) in [7, 11) is 0. The molecular formula is C32H44O15. The van der Waals surface area contributed by atoms with Crippen LogP contribution in [0.1, 0.15) is 46.0 Å². The molecule has 15 heteroatoms. The number of hydrogen-bond donors (Lipinski definition) is 0. The van der Waals surface area contributed by atoms with E-state index in [-0.39, 0.29) is 23.6 Å². The average molecular weight is 669 g/mol. The van der Waals surface area contributed by atoms with Gasteiger partial charge in [0.1, 0.15) is 18.8 Å². The first-order valence-corrected chi connectivity index (χ1v) is 14.8. The van der Waals surface area contributed by atoms with Crippen LogP contribution in [0, 0.1) is 0 Å². The summed E-state index contributed by atoms with van der Waals surface area (Å²) in [4.78, 5) is 64.5. The van der Waals surface area contributed by atoms with Crippen LogP contribution in [-0.4, -0.2) is 106 Å². The Morgan fingerprint density at radius 1 is 0.809 bits per heavy atom. The van der Waals surface area contributed by atoms with Gasteiger partial charge in [0.25, 0.3) is 0 Å². The zero-order valence-corrected chi connectivity index (χ0v) is 26.9. The molecule has 4 fully saturated rings. The smallest absolute Gasteiger partial charge is 0.347 e. The van der Waals surface area contributed by atoms with Crippen LogP contribution in [0.15, 0.2) is 49.8 Å². The van der Waals surface area contributed by atoms with Crippen LogP contribution >= 0.6 is 0 Å². The molecule has 0 spiro atoms. The van der Waals surface area contributed by atoms with Crippen molar-refractivity contribution < 1.29 is 71.4 Å². The van der Waals surface area contributed by atoms with Gasteiger partial charge in [0.05, 0.1) is 39.3 Å². The van der Waals surface area contributed by atoms with Gasteiger partial charge in [-0.2, -0.15) is 0 Å². The number of unbranched alkanes of at least 4 members (excludes halogenated alkanes) is 1. The van der Waals surface area contributed by atoms with Crippen molar-refractivity contribution in [1.29, 1.82) is 0 Å². The SMILES string of the molecule is C=C(C)C(=O)OC1CCOC1=O.C=C(C)C(=O)OCC1CO1.C=CC(=O)OC1CCOC1=O.C=COC(=O)CCCCOCC1CO1. The molecule has 4 aliphatic rings. The summed E-state index contributed by atoms with van der Waals surface area (Å²) >= 11 is 0. The van der Waals surface area contributed by atoms with Crippen molar-refractivity contribution in [1.82, 2.24) is 0 Å². The third kappa shape index (κ3) is 20.4.